The van der Waals surface area contributed by atoms with E-state index in [9.17, 15) is 4.39 Å². The lowest BCUT2D eigenvalue weighted by molar-refractivity contribution is 0.310. The van der Waals surface area contributed by atoms with E-state index in [-0.39, 0.29) is 5.82 Å². The standard InChI is InChI=1S/C12H14FN3S/c1-16(6-11-7-17-8-15-11)5-9-2-3-10(14)4-12(9)13/h2-4,7-8H,5-6,14H2,1H3. The van der Waals surface area contributed by atoms with E-state index in [0.717, 1.165) is 5.69 Å². The first-order valence-electron chi connectivity index (χ1n) is 5.24. The summed E-state index contributed by atoms with van der Waals surface area (Å²) in [5.41, 5.74) is 9.41. The lowest BCUT2D eigenvalue weighted by Crippen LogP contribution is -2.18. The second-order valence-corrected chi connectivity index (χ2v) is 4.72. The van der Waals surface area contributed by atoms with Crippen molar-refractivity contribution in [1.82, 2.24) is 9.88 Å². The molecule has 2 rings (SSSR count). The summed E-state index contributed by atoms with van der Waals surface area (Å²) >= 11 is 1.56. The minimum absolute atomic E-state index is 0.255. The number of aromatic nitrogens is 1. The molecule has 3 nitrogen and oxygen atoms in total. The number of hydrogen-bond donors (Lipinski definition) is 1. The first-order chi connectivity index (χ1) is 8.15. The van der Waals surface area contributed by atoms with E-state index in [2.05, 4.69) is 4.98 Å². The molecule has 5 heteroatoms. The molecule has 2 aromatic rings. The van der Waals surface area contributed by atoms with E-state index in [1.165, 1.54) is 6.07 Å². The summed E-state index contributed by atoms with van der Waals surface area (Å²) < 4.78 is 13.6. The zero-order chi connectivity index (χ0) is 12.3. The quantitative estimate of drug-likeness (QED) is 0.849. The Labute approximate surface area is 104 Å². The van der Waals surface area contributed by atoms with E-state index >= 15 is 0 Å². The smallest absolute Gasteiger partial charge is 0.129 e. The van der Waals surface area contributed by atoms with Gasteiger partial charge in [-0.15, -0.1) is 11.3 Å². The van der Waals surface area contributed by atoms with Crippen molar-refractivity contribution in [2.24, 2.45) is 0 Å². The summed E-state index contributed by atoms with van der Waals surface area (Å²) in [5.74, 6) is -0.255. The van der Waals surface area contributed by atoms with Crippen LogP contribution in [0.15, 0.2) is 29.1 Å². The Balaban J connectivity index is 2.00. The molecule has 0 saturated carbocycles. The van der Waals surface area contributed by atoms with Crippen molar-refractivity contribution < 1.29 is 4.39 Å². The highest BCUT2D eigenvalue weighted by Gasteiger charge is 2.07. The second-order valence-electron chi connectivity index (χ2n) is 4.00. The summed E-state index contributed by atoms with van der Waals surface area (Å²) in [7, 11) is 1.94. The van der Waals surface area contributed by atoms with E-state index < -0.39 is 0 Å². The highest BCUT2D eigenvalue weighted by molar-refractivity contribution is 7.07. The van der Waals surface area contributed by atoms with Gasteiger partial charge in [-0.1, -0.05) is 6.07 Å². The minimum Gasteiger partial charge on any atom is -0.399 e. The van der Waals surface area contributed by atoms with Crippen molar-refractivity contribution in [2.45, 2.75) is 13.1 Å². The Hall–Kier alpha value is -1.46. The molecule has 0 unspecified atom stereocenters. The number of hydrogen-bond acceptors (Lipinski definition) is 4. The van der Waals surface area contributed by atoms with Crippen LogP contribution in [-0.4, -0.2) is 16.9 Å². The molecule has 0 amide bonds. The topological polar surface area (TPSA) is 42.2 Å². The van der Waals surface area contributed by atoms with Crippen LogP contribution in [0.2, 0.25) is 0 Å². The number of rotatable bonds is 4. The van der Waals surface area contributed by atoms with Crippen molar-refractivity contribution >= 4 is 17.0 Å². The van der Waals surface area contributed by atoms with Crippen LogP contribution in [-0.2, 0) is 13.1 Å². The predicted octanol–water partition coefficient (Wildman–Crippen LogP) is 2.50. The van der Waals surface area contributed by atoms with Crippen LogP contribution in [0.1, 0.15) is 11.3 Å². The van der Waals surface area contributed by atoms with E-state index in [1.807, 2.05) is 17.3 Å². The molecule has 0 aliphatic heterocycles. The highest BCUT2D eigenvalue weighted by atomic mass is 32.1. The van der Waals surface area contributed by atoms with Crippen molar-refractivity contribution in [3.05, 3.63) is 46.2 Å². The van der Waals surface area contributed by atoms with Gasteiger partial charge in [0.15, 0.2) is 0 Å². The number of benzene rings is 1. The molecule has 0 aliphatic carbocycles. The SMILES string of the molecule is CN(Cc1cscn1)Cc1ccc(N)cc1F. The fourth-order valence-corrected chi connectivity index (χ4v) is 2.18. The van der Waals surface area contributed by atoms with Gasteiger partial charge in [0.25, 0.3) is 0 Å². The van der Waals surface area contributed by atoms with Gasteiger partial charge in [0, 0.05) is 29.7 Å². The third-order valence-electron chi connectivity index (χ3n) is 2.43. The Morgan fingerprint density at radius 3 is 2.88 bits per heavy atom. The summed E-state index contributed by atoms with van der Waals surface area (Å²) in [6.07, 6.45) is 0. The van der Waals surface area contributed by atoms with Crippen LogP contribution in [0.3, 0.4) is 0 Å². The molecule has 0 spiro atoms. The van der Waals surface area contributed by atoms with Gasteiger partial charge in [-0.25, -0.2) is 9.37 Å². The zero-order valence-electron chi connectivity index (χ0n) is 9.56. The van der Waals surface area contributed by atoms with E-state index in [0.29, 0.717) is 24.3 Å². The Bertz CT molecular complexity index is 485. The fourth-order valence-electron chi connectivity index (χ4n) is 1.63. The van der Waals surface area contributed by atoms with Gasteiger partial charge in [0.2, 0.25) is 0 Å². The van der Waals surface area contributed by atoms with Gasteiger partial charge in [0.1, 0.15) is 5.82 Å². The van der Waals surface area contributed by atoms with Gasteiger partial charge < -0.3 is 5.73 Å². The summed E-state index contributed by atoms with van der Waals surface area (Å²) in [6, 6.07) is 4.79. The van der Waals surface area contributed by atoms with Crippen LogP contribution < -0.4 is 5.73 Å². The van der Waals surface area contributed by atoms with Crippen molar-refractivity contribution in [2.75, 3.05) is 12.8 Å². The molecule has 2 N–H and O–H groups in total. The van der Waals surface area contributed by atoms with Crippen molar-refractivity contribution in [3.63, 3.8) is 0 Å². The fraction of sp³-hybridized carbons (Fsp3) is 0.250. The molecule has 90 valence electrons. The molecule has 17 heavy (non-hydrogen) atoms. The van der Waals surface area contributed by atoms with E-state index in [4.69, 9.17) is 5.73 Å². The molecule has 1 aromatic heterocycles. The van der Waals surface area contributed by atoms with Crippen LogP contribution >= 0.6 is 11.3 Å². The molecule has 1 aromatic carbocycles. The maximum absolute atomic E-state index is 13.6. The molecule has 1 heterocycles. The Morgan fingerprint density at radius 2 is 2.24 bits per heavy atom. The number of nitrogens with two attached hydrogens (primary N) is 1. The highest BCUT2D eigenvalue weighted by Crippen LogP contribution is 2.14. The number of halogens is 1. The molecule has 0 saturated heterocycles. The molecule has 0 radical (unpaired) electrons. The van der Waals surface area contributed by atoms with Gasteiger partial charge in [0.05, 0.1) is 11.2 Å². The molecule has 0 bridgehead atoms. The summed E-state index contributed by atoms with van der Waals surface area (Å²) in [4.78, 5) is 6.21. The lowest BCUT2D eigenvalue weighted by Gasteiger charge is -2.15. The average molecular weight is 251 g/mol. The normalized spacial score (nSPS) is 11.0. The Morgan fingerprint density at radius 1 is 1.41 bits per heavy atom. The van der Waals surface area contributed by atoms with Gasteiger partial charge in [-0.2, -0.15) is 0 Å². The Kier molecular flexibility index (Phi) is 3.71. The van der Waals surface area contributed by atoms with Crippen LogP contribution in [0.5, 0.6) is 0 Å². The summed E-state index contributed by atoms with van der Waals surface area (Å²) in [5, 5.41) is 2.00. The van der Waals surface area contributed by atoms with Crippen LogP contribution in [0, 0.1) is 5.82 Å². The van der Waals surface area contributed by atoms with Crippen molar-refractivity contribution in [3.8, 4) is 0 Å². The second kappa shape index (κ2) is 5.25. The zero-order valence-corrected chi connectivity index (χ0v) is 10.4. The maximum Gasteiger partial charge on any atom is 0.129 e. The molecule has 0 aliphatic rings. The molecular weight excluding hydrogens is 237 g/mol. The third-order valence-corrected chi connectivity index (χ3v) is 3.07. The minimum atomic E-state index is -0.255. The molecule has 0 fully saturated rings. The predicted molar refractivity (Wildman–Crippen MR) is 68.1 cm³/mol. The first-order valence-corrected chi connectivity index (χ1v) is 6.19. The lowest BCUT2D eigenvalue weighted by atomic mass is 10.2. The van der Waals surface area contributed by atoms with Gasteiger partial charge >= 0.3 is 0 Å². The number of nitrogens with zero attached hydrogens (tertiary/aromatic N) is 2. The van der Waals surface area contributed by atoms with Gasteiger partial charge in [-0.05, 0) is 19.2 Å². The first kappa shape index (κ1) is 12.0. The molecular formula is C12H14FN3S. The summed E-state index contributed by atoms with van der Waals surface area (Å²) in [6.45, 7) is 1.26. The number of thiazole rings is 1. The number of anilines is 1. The van der Waals surface area contributed by atoms with Crippen LogP contribution in [0.25, 0.3) is 0 Å². The third kappa shape index (κ3) is 3.25. The van der Waals surface area contributed by atoms with Crippen LogP contribution in [0.4, 0.5) is 10.1 Å². The van der Waals surface area contributed by atoms with Crippen molar-refractivity contribution in [1.29, 1.82) is 0 Å². The average Bonchev–Trinajstić information content (AvgIpc) is 2.75. The number of nitrogen functional groups attached to an aromatic ring is 1. The van der Waals surface area contributed by atoms with Gasteiger partial charge in [-0.3, -0.25) is 4.90 Å². The monoisotopic (exact) mass is 251 g/mol. The molecule has 0 atom stereocenters. The van der Waals surface area contributed by atoms with E-state index in [1.54, 1.807) is 29.0 Å². The maximum atomic E-state index is 13.6. The largest absolute Gasteiger partial charge is 0.399 e.